The zero-order valence-electron chi connectivity index (χ0n) is 18.9. The molecule has 0 bridgehead atoms. The van der Waals surface area contributed by atoms with Crippen LogP contribution in [0.1, 0.15) is 28.5 Å². The molecular weight excluding hydrogens is 420 g/mol. The first kappa shape index (κ1) is 22.5. The Bertz CT molecular complexity index is 1110. The Kier molecular flexibility index (Phi) is 7.04. The number of nitrogens with one attached hydrogen (secondary N) is 1. The molecule has 1 aliphatic heterocycles. The average Bonchev–Trinajstić information content (AvgIpc) is 3.18. The maximum Gasteiger partial charge on any atom is 0.341 e. The van der Waals surface area contributed by atoms with E-state index in [1.807, 2.05) is 54.6 Å². The molecule has 4 rings (SSSR count). The first-order chi connectivity index (χ1) is 16.1. The first-order valence-corrected chi connectivity index (χ1v) is 11.1. The highest BCUT2D eigenvalue weighted by atomic mass is 16.5. The van der Waals surface area contributed by atoms with Crippen molar-refractivity contribution in [3.63, 3.8) is 0 Å². The number of fused-ring (bicyclic) bond motifs is 1. The van der Waals surface area contributed by atoms with E-state index in [9.17, 15) is 9.59 Å². The third-order valence-electron chi connectivity index (χ3n) is 5.53. The Morgan fingerprint density at radius 3 is 2.73 bits per heavy atom. The van der Waals surface area contributed by atoms with Crippen LogP contribution in [0.3, 0.4) is 0 Å². The van der Waals surface area contributed by atoms with Crippen molar-refractivity contribution >= 4 is 17.6 Å². The molecule has 1 N–H and O–H groups in total. The van der Waals surface area contributed by atoms with Crippen LogP contribution in [-0.4, -0.2) is 54.5 Å². The minimum atomic E-state index is -0.500. The topological polar surface area (TPSA) is 85.7 Å². The van der Waals surface area contributed by atoms with Crippen molar-refractivity contribution < 1.29 is 19.1 Å². The molecule has 2 heterocycles. The molecule has 1 amide bonds. The van der Waals surface area contributed by atoms with Gasteiger partial charge in [-0.05, 0) is 24.6 Å². The Morgan fingerprint density at radius 1 is 1.18 bits per heavy atom. The molecule has 0 unspecified atom stereocenters. The number of benzene rings is 2. The number of nitrogens with zero attached hydrogens (tertiary/aromatic N) is 3. The van der Waals surface area contributed by atoms with Gasteiger partial charge in [0.25, 0.3) is 0 Å². The zero-order chi connectivity index (χ0) is 23.2. The number of carbonyl (C=O) groups is 2. The fourth-order valence-corrected chi connectivity index (χ4v) is 3.84. The van der Waals surface area contributed by atoms with Crippen molar-refractivity contribution in [2.45, 2.75) is 25.9 Å². The normalized spacial score (nSPS) is 15.5. The number of aromatic nitrogens is 2. The summed E-state index contributed by atoms with van der Waals surface area (Å²) in [6.07, 6.45) is 2.20. The highest BCUT2D eigenvalue weighted by Gasteiger charge is 2.29. The van der Waals surface area contributed by atoms with Crippen molar-refractivity contribution in [2.24, 2.45) is 0 Å². The minimum Gasteiger partial charge on any atom is -0.489 e. The van der Waals surface area contributed by atoms with Gasteiger partial charge in [-0.1, -0.05) is 42.5 Å². The molecule has 0 aliphatic carbocycles. The van der Waals surface area contributed by atoms with Crippen molar-refractivity contribution in [1.82, 2.24) is 15.1 Å². The first-order valence-electron chi connectivity index (χ1n) is 11.1. The van der Waals surface area contributed by atoms with Crippen molar-refractivity contribution in [2.75, 3.05) is 31.7 Å². The summed E-state index contributed by atoms with van der Waals surface area (Å²) in [7, 11) is 1.74. The SMILES string of the molecule is CCOC(=O)c1cn(Cc2ccccc2)nc1CCN[C@H]1COc2ccccc2N(C)C1=O. The second-order valence-corrected chi connectivity index (χ2v) is 7.83. The molecule has 33 heavy (non-hydrogen) atoms. The summed E-state index contributed by atoms with van der Waals surface area (Å²) in [6.45, 7) is 3.31. The molecule has 172 valence electrons. The highest BCUT2D eigenvalue weighted by Crippen LogP contribution is 2.29. The monoisotopic (exact) mass is 448 g/mol. The van der Waals surface area contributed by atoms with E-state index in [1.54, 1.807) is 29.7 Å². The van der Waals surface area contributed by atoms with Gasteiger partial charge in [0.15, 0.2) is 0 Å². The van der Waals surface area contributed by atoms with Crippen LogP contribution in [0.4, 0.5) is 5.69 Å². The molecule has 0 saturated heterocycles. The van der Waals surface area contributed by atoms with E-state index in [0.29, 0.717) is 43.1 Å². The summed E-state index contributed by atoms with van der Waals surface area (Å²) in [5.41, 5.74) is 2.91. The van der Waals surface area contributed by atoms with E-state index in [2.05, 4.69) is 10.4 Å². The molecule has 1 aliphatic rings. The van der Waals surface area contributed by atoms with E-state index in [0.717, 1.165) is 11.3 Å². The summed E-state index contributed by atoms with van der Waals surface area (Å²) in [5, 5.41) is 7.89. The zero-order valence-corrected chi connectivity index (χ0v) is 18.9. The molecule has 0 fully saturated rings. The van der Waals surface area contributed by atoms with Gasteiger partial charge in [0.05, 0.1) is 24.5 Å². The van der Waals surface area contributed by atoms with Crippen LogP contribution in [0, 0.1) is 0 Å². The maximum absolute atomic E-state index is 12.9. The van der Waals surface area contributed by atoms with Crippen molar-refractivity contribution in [3.8, 4) is 5.75 Å². The number of carbonyl (C=O) groups excluding carboxylic acids is 2. The molecule has 2 aromatic carbocycles. The van der Waals surface area contributed by atoms with Crippen LogP contribution in [0.25, 0.3) is 0 Å². The molecule has 3 aromatic rings. The van der Waals surface area contributed by atoms with Gasteiger partial charge in [-0.3, -0.25) is 9.48 Å². The number of rotatable bonds is 8. The number of amides is 1. The van der Waals surface area contributed by atoms with Gasteiger partial charge >= 0.3 is 5.97 Å². The Balaban J connectivity index is 1.44. The lowest BCUT2D eigenvalue weighted by Crippen LogP contribution is -2.47. The highest BCUT2D eigenvalue weighted by molar-refractivity contribution is 5.98. The molecule has 1 atom stereocenters. The van der Waals surface area contributed by atoms with Gasteiger partial charge < -0.3 is 19.7 Å². The van der Waals surface area contributed by atoms with Crippen molar-refractivity contribution in [1.29, 1.82) is 0 Å². The quantitative estimate of drug-likeness (QED) is 0.534. The molecule has 8 heteroatoms. The van der Waals surface area contributed by atoms with Crippen LogP contribution in [0.2, 0.25) is 0 Å². The number of hydrogen-bond donors (Lipinski definition) is 1. The number of para-hydroxylation sites is 2. The van der Waals surface area contributed by atoms with Crippen LogP contribution in [0.5, 0.6) is 5.75 Å². The van der Waals surface area contributed by atoms with Gasteiger partial charge in [-0.2, -0.15) is 5.10 Å². The van der Waals surface area contributed by atoms with Gasteiger partial charge in [0, 0.05) is 26.2 Å². The predicted octanol–water partition coefficient (Wildman–Crippen LogP) is 2.66. The average molecular weight is 449 g/mol. The Labute approximate surface area is 193 Å². The number of anilines is 1. The Hall–Kier alpha value is -3.65. The summed E-state index contributed by atoms with van der Waals surface area (Å²) >= 11 is 0. The maximum atomic E-state index is 12.9. The van der Waals surface area contributed by atoms with Gasteiger partial charge in [0.2, 0.25) is 5.91 Å². The molecule has 0 spiro atoms. The minimum absolute atomic E-state index is 0.0693. The van der Waals surface area contributed by atoms with E-state index in [4.69, 9.17) is 9.47 Å². The third-order valence-corrected chi connectivity index (χ3v) is 5.53. The lowest BCUT2D eigenvalue weighted by molar-refractivity contribution is -0.120. The second kappa shape index (κ2) is 10.3. The fourth-order valence-electron chi connectivity index (χ4n) is 3.84. The molecule has 8 nitrogen and oxygen atoms in total. The van der Waals surface area contributed by atoms with Gasteiger partial charge in [-0.25, -0.2) is 4.79 Å². The number of hydrogen-bond acceptors (Lipinski definition) is 6. The van der Waals surface area contributed by atoms with Crippen molar-refractivity contribution in [3.05, 3.63) is 77.6 Å². The van der Waals surface area contributed by atoms with E-state index in [1.165, 1.54) is 0 Å². The second-order valence-electron chi connectivity index (χ2n) is 7.83. The summed E-state index contributed by atoms with van der Waals surface area (Å²) < 4.78 is 12.8. The lowest BCUT2D eigenvalue weighted by atomic mass is 10.2. The largest absolute Gasteiger partial charge is 0.489 e. The summed E-state index contributed by atoms with van der Waals surface area (Å²) in [6, 6.07) is 16.9. The number of ether oxygens (including phenoxy) is 2. The summed E-state index contributed by atoms with van der Waals surface area (Å²) in [4.78, 5) is 27.0. The molecular formula is C25H28N4O4. The smallest absolute Gasteiger partial charge is 0.341 e. The Morgan fingerprint density at radius 2 is 1.94 bits per heavy atom. The standard InChI is InChI=1S/C25H28N4O4/c1-3-32-25(31)19-16-29(15-18-9-5-4-6-10-18)27-20(19)13-14-26-21-17-33-23-12-8-7-11-22(23)28(2)24(21)30/h4-12,16,21,26H,3,13-15,17H2,1-2H3/t21-/m0/s1. The van der Waals surface area contributed by atoms with Crippen LogP contribution in [0.15, 0.2) is 60.8 Å². The van der Waals surface area contributed by atoms with Gasteiger partial charge in [-0.15, -0.1) is 0 Å². The molecule has 1 aromatic heterocycles. The molecule has 0 saturated carbocycles. The van der Waals surface area contributed by atoms with Crippen LogP contribution >= 0.6 is 0 Å². The number of likely N-dealkylation sites (N-methyl/N-ethyl adjacent to an activating group) is 1. The van der Waals surface area contributed by atoms with Crippen LogP contribution in [-0.2, 0) is 22.5 Å². The molecule has 0 radical (unpaired) electrons. The third kappa shape index (κ3) is 5.23. The van der Waals surface area contributed by atoms with Crippen LogP contribution < -0.4 is 15.0 Å². The fraction of sp³-hybridized carbons (Fsp3) is 0.320. The van der Waals surface area contributed by atoms with E-state index >= 15 is 0 Å². The summed E-state index contributed by atoms with van der Waals surface area (Å²) in [5.74, 6) is 0.220. The lowest BCUT2D eigenvalue weighted by Gasteiger charge is -2.20. The predicted molar refractivity (Wildman–Crippen MR) is 125 cm³/mol. The van der Waals surface area contributed by atoms with E-state index in [-0.39, 0.29) is 12.5 Å². The van der Waals surface area contributed by atoms with E-state index < -0.39 is 12.0 Å². The van der Waals surface area contributed by atoms with Gasteiger partial charge in [0.1, 0.15) is 24.0 Å². The number of esters is 1.